The smallest absolute Gasteiger partial charge is 0.153 e. The largest absolute Gasteiger partial charge is 0.396 e. The molecule has 0 radical (unpaired) electrons. The zero-order valence-electron chi connectivity index (χ0n) is 10.8. The zero-order valence-corrected chi connectivity index (χ0v) is 11.5. The van der Waals surface area contributed by atoms with Gasteiger partial charge in [-0.3, -0.25) is 0 Å². The summed E-state index contributed by atoms with van der Waals surface area (Å²) in [6.07, 6.45) is 1.08. The van der Waals surface area contributed by atoms with Crippen molar-refractivity contribution in [3.8, 4) is 0 Å². The van der Waals surface area contributed by atoms with E-state index in [4.69, 9.17) is 17.3 Å². The molecule has 0 spiro atoms. The van der Waals surface area contributed by atoms with Crippen molar-refractivity contribution in [2.24, 2.45) is 0 Å². The predicted octanol–water partition coefficient (Wildman–Crippen LogP) is 2.10. The molecule has 0 fully saturated rings. The van der Waals surface area contributed by atoms with E-state index in [2.05, 4.69) is 35.8 Å². The fraction of sp³-hybridized carbons (Fsp3) is 0.583. The molecule has 0 saturated heterocycles. The predicted molar refractivity (Wildman–Crippen MR) is 74.7 cm³/mol. The van der Waals surface area contributed by atoms with Gasteiger partial charge in [-0.2, -0.15) is 0 Å². The lowest BCUT2D eigenvalue weighted by Crippen LogP contribution is -2.28. The molecule has 2 N–H and O–H groups in total. The van der Waals surface area contributed by atoms with Crippen LogP contribution in [0.25, 0.3) is 0 Å². The van der Waals surface area contributed by atoms with Crippen LogP contribution in [-0.4, -0.2) is 43.6 Å². The number of hydrogen-bond acceptors (Lipinski definition) is 4. The van der Waals surface area contributed by atoms with E-state index in [1.165, 1.54) is 0 Å². The molecule has 0 unspecified atom stereocenters. The van der Waals surface area contributed by atoms with Crippen molar-refractivity contribution in [1.29, 1.82) is 0 Å². The fourth-order valence-corrected chi connectivity index (χ4v) is 1.82. The van der Waals surface area contributed by atoms with E-state index in [-0.39, 0.29) is 0 Å². The quantitative estimate of drug-likeness (QED) is 0.792. The fourth-order valence-electron chi connectivity index (χ4n) is 1.68. The Labute approximate surface area is 108 Å². The van der Waals surface area contributed by atoms with Gasteiger partial charge < -0.3 is 15.5 Å². The first-order valence-corrected chi connectivity index (χ1v) is 6.24. The molecule has 4 nitrogen and oxygen atoms in total. The molecule has 17 heavy (non-hydrogen) atoms. The van der Waals surface area contributed by atoms with Crippen molar-refractivity contribution in [3.05, 3.63) is 17.3 Å². The summed E-state index contributed by atoms with van der Waals surface area (Å²) in [6, 6.07) is 3.52. The number of nitrogens with two attached hydrogens (primary N) is 1. The Hall–Kier alpha value is -1.00. The highest BCUT2D eigenvalue weighted by Crippen LogP contribution is 2.22. The topological polar surface area (TPSA) is 45.4 Å². The van der Waals surface area contributed by atoms with Gasteiger partial charge in [0.15, 0.2) is 5.82 Å². The summed E-state index contributed by atoms with van der Waals surface area (Å²) in [4.78, 5) is 8.62. The van der Waals surface area contributed by atoms with Crippen molar-refractivity contribution < 1.29 is 0 Å². The average molecular weight is 257 g/mol. The van der Waals surface area contributed by atoms with Gasteiger partial charge in [-0.05, 0) is 46.1 Å². The normalized spacial score (nSPS) is 10.9. The van der Waals surface area contributed by atoms with Crippen LogP contribution in [0.5, 0.6) is 0 Å². The van der Waals surface area contributed by atoms with Crippen molar-refractivity contribution in [2.45, 2.75) is 13.3 Å². The Morgan fingerprint density at radius 2 is 2.00 bits per heavy atom. The highest BCUT2D eigenvalue weighted by molar-refractivity contribution is 6.29. The van der Waals surface area contributed by atoms with Crippen LogP contribution in [0, 0.1) is 0 Å². The van der Waals surface area contributed by atoms with E-state index in [0.29, 0.717) is 10.8 Å². The van der Waals surface area contributed by atoms with E-state index >= 15 is 0 Å². The van der Waals surface area contributed by atoms with Gasteiger partial charge in [0.1, 0.15) is 5.15 Å². The number of anilines is 2. The average Bonchev–Trinajstić information content (AvgIpc) is 2.28. The van der Waals surface area contributed by atoms with Gasteiger partial charge in [0.05, 0.1) is 5.69 Å². The van der Waals surface area contributed by atoms with Gasteiger partial charge in [0, 0.05) is 13.1 Å². The molecule has 0 amide bonds. The maximum Gasteiger partial charge on any atom is 0.153 e. The van der Waals surface area contributed by atoms with Crippen LogP contribution in [0.4, 0.5) is 11.5 Å². The molecule has 0 bridgehead atoms. The van der Waals surface area contributed by atoms with E-state index in [0.717, 1.165) is 31.9 Å². The Morgan fingerprint density at radius 1 is 1.29 bits per heavy atom. The van der Waals surface area contributed by atoms with E-state index in [9.17, 15) is 0 Å². The van der Waals surface area contributed by atoms with Crippen molar-refractivity contribution in [2.75, 3.05) is 44.4 Å². The van der Waals surface area contributed by atoms with Gasteiger partial charge in [-0.15, -0.1) is 0 Å². The Balaban J connectivity index is 2.68. The molecule has 1 aromatic rings. The highest BCUT2D eigenvalue weighted by atomic mass is 35.5. The van der Waals surface area contributed by atoms with Gasteiger partial charge in [-0.25, -0.2) is 4.98 Å². The first kappa shape index (κ1) is 14.1. The molecular weight excluding hydrogens is 236 g/mol. The molecule has 0 saturated carbocycles. The number of hydrogen-bond donors (Lipinski definition) is 1. The van der Waals surface area contributed by atoms with Gasteiger partial charge in [0.2, 0.25) is 0 Å². The summed E-state index contributed by atoms with van der Waals surface area (Å²) < 4.78 is 0. The van der Waals surface area contributed by atoms with Gasteiger partial charge >= 0.3 is 0 Å². The van der Waals surface area contributed by atoms with E-state index in [1.54, 1.807) is 12.1 Å². The summed E-state index contributed by atoms with van der Waals surface area (Å²) in [7, 11) is 4.14. The molecule has 0 aliphatic rings. The second-order valence-corrected chi connectivity index (χ2v) is 4.67. The van der Waals surface area contributed by atoms with Crippen LogP contribution in [-0.2, 0) is 0 Å². The van der Waals surface area contributed by atoms with E-state index < -0.39 is 0 Å². The van der Waals surface area contributed by atoms with Crippen molar-refractivity contribution in [3.63, 3.8) is 0 Å². The molecule has 1 rings (SSSR count). The Morgan fingerprint density at radius 3 is 2.59 bits per heavy atom. The first-order valence-electron chi connectivity index (χ1n) is 5.86. The lowest BCUT2D eigenvalue weighted by atomic mass is 10.3. The molecule has 1 aromatic heterocycles. The summed E-state index contributed by atoms with van der Waals surface area (Å²) in [5.41, 5.74) is 6.61. The molecule has 5 heteroatoms. The monoisotopic (exact) mass is 256 g/mol. The van der Waals surface area contributed by atoms with E-state index in [1.807, 2.05) is 0 Å². The number of aromatic nitrogens is 1. The minimum absolute atomic E-state index is 0.486. The van der Waals surface area contributed by atoms with Crippen LogP contribution in [0.15, 0.2) is 12.1 Å². The van der Waals surface area contributed by atoms with Gasteiger partial charge in [-0.1, -0.05) is 11.6 Å². The number of nitrogen functional groups attached to an aromatic ring is 1. The molecule has 0 aromatic carbocycles. The summed E-state index contributed by atoms with van der Waals surface area (Å²) >= 11 is 5.90. The second kappa shape index (κ2) is 6.67. The van der Waals surface area contributed by atoms with Crippen molar-refractivity contribution in [1.82, 2.24) is 9.88 Å². The Bertz CT molecular complexity index is 354. The Kier molecular flexibility index (Phi) is 5.51. The number of nitrogens with zero attached hydrogens (tertiary/aromatic N) is 3. The second-order valence-electron chi connectivity index (χ2n) is 4.28. The number of halogens is 1. The van der Waals surface area contributed by atoms with Crippen LogP contribution in [0.1, 0.15) is 13.3 Å². The summed E-state index contributed by atoms with van der Waals surface area (Å²) in [5, 5.41) is 0.486. The number of pyridine rings is 1. The van der Waals surface area contributed by atoms with Crippen molar-refractivity contribution >= 4 is 23.1 Å². The minimum Gasteiger partial charge on any atom is -0.396 e. The summed E-state index contributed by atoms with van der Waals surface area (Å²) in [6.45, 7) is 4.96. The lowest BCUT2D eigenvalue weighted by Gasteiger charge is -2.24. The maximum absolute atomic E-state index is 5.92. The van der Waals surface area contributed by atoms with Crippen LogP contribution >= 0.6 is 11.6 Å². The molecule has 0 atom stereocenters. The van der Waals surface area contributed by atoms with Crippen LogP contribution in [0.3, 0.4) is 0 Å². The highest BCUT2D eigenvalue weighted by Gasteiger charge is 2.10. The third-order valence-corrected chi connectivity index (χ3v) is 2.80. The minimum atomic E-state index is 0.486. The maximum atomic E-state index is 5.92. The zero-order chi connectivity index (χ0) is 12.8. The van der Waals surface area contributed by atoms with Gasteiger partial charge in [0.25, 0.3) is 0 Å². The first-order chi connectivity index (χ1) is 8.04. The molecule has 0 aliphatic carbocycles. The molecule has 0 aliphatic heterocycles. The summed E-state index contributed by atoms with van der Waals surface area (Å²) in [5.74, 6) is 0.791. The molecular formula is C12H21ClN4. The number of rotatable bonds is 6. The van der Waals surface area contributed by atoms with Crippen LogP contribution < -0.4 is 10.6 Å². The molecule has 96 valence electrons. The SMILES string of the molecule is CCN(CCCN(C)C)c1nc(Cl)ccc1N. The van der Waals surface area contributed by atoms with Crippen LogP contribution in [0.2, 0.25) is 5.15 Å². The standard InChI is InChI=1S/C12H21ClN4/c1-4-17(9-5-8-16(2)3)12-10(14)6-7-11(13)15-12/h6-7H,4-5,8-9,14H2,1-3H3. The third-order valence-electron chi connectivity index (χ3n) is 2.59. The molecule has 1 heterocycles. The third kappa shape index (κ3) is 4.40. The lowest BCUT2D eigenvalue weighted by molar-refractivity contribution is 0.400.